The first kappa shape index (κ1) is 12.2. The van der Waals surface area contributed by atoms with Crippen molar-refractivity contribution < 1.29 is 13.2 Å². The number of hydrogen-bond donors (Lipinski definition) is 1. The number of benzene rings is 1. The molecular weight excluding hydrogens is 223 g/mol. The number of thioether (sulfide) groups is 1. The Morgan fingerprint density at radius 3 is 2.53 bits per heavy atom. The topological polar surface area (TPSA) is 26.0 Å². The molecule has 0 saturated carbocycles. The molecule has 0 aromatic heterocycles. The van der Waals surface area contributed by atoms with E-state index < -0.39 is 12.6 Å². The van der Waals surface area contributed by atoms with E-state index in [1.165, 1.54) is 0 Å². The largest absolute Gasteiger partial charge is 0.398 e. The quantitative estimate of drug-likeness (QED) is 0.639. The normalized spacial score (nSPS) is 11.7. The van der Waals surface area contributed by atoms with Crippen LogP contribution in [0.5, 0.6) is 0 Å². The predicted octanol–water partition coefficient (Wildman–Crippen LogP) is 3.62. The molecule has 0 aliphatic carbocycles. The minimum Gasteiger partial charge on any atom is -0.398 e. The van der Waals surface area contributed by atoms with E-state index >= 15 is 0 Å². The number of hydrogen-bond acceptors (Lipinski definition) is 2. The molecule has 15 heavy (non-hydrogen) atoms. The highest BCUT2D eigenvalue weighted by molar-refractivity contribution is 7.99. The minimum absolute atomic E-state index is 0.0107. The van der Waals surface area contributed by atoms with Gasteiger partial charge in [0.05, 0.1) is 6.42 Å². The zero-order chi connectivity index (χ0) is 11.5. The molecule has 0 atom stereocenters. The van der Waals surface area contributed by atoms with Crippen molar-refractivity contribution in [2.45, 2.75) is 24.4 Å². The van der Waals surface area contributed by atoms with Crippen LogP contribution in [0.4, 0.5) is 18.9 Å². The third-order valence-electron chi connectivity index (χ3n) is 1.81. The van der Waals surface area contributed by atoms with Crippen LogP contribution in [-0.2, 0) is 0 Å². The zero-order valence-corrected chi connectivity index (χ0v) is 9.08. The molecule has 1 aromatic rings. The van der Waals surface area contributed by atoms with Crippen LogP contribution >= 0.6 is 11.8 Å². The average Bonchev–Trinajstić information content (AvgIpc) is 2.07. The van der Waals surface area contributed by atoms with Gasteiger partial charge in [-0.3, -0.25) is 0 Å². The van der Waals surface area contributed by atoms with Crippen LogP contribution in [0.3, 0.4) is 0 Å². The Morgan fingerprint density at radius 1 is 1.33 bits per heavy atom. The highest BCUT2D eigenvalue weighted by atomic mass is 32.2. The molecule has 1 rings (SSSR count). The number of anilines is 1. The highest BCUT2D eigenvalue weighted by Gasteiger charge is 2.26. The van der Waals surface area contributed by atoms with Crippen molar-refractivity contribution in [3.63, 3.8) is 0 Å². The van der Waals surface area contributed by atoms with E-state index in [1.807, 2.05) is 13.0 Å². The number of nitrogen functional groups attached to an aromatic ring is 1. The van der Waals surface area contributed by atoms with Crippen LogP contribution in [0.25, 0.3) is 0 Å². The van der Waals surface area contributed by atoms with Gasteiger partial charge in [-0.2, -0.15) is 13.2 Å². The summed E-state index contributed by atoms with van der Waals surface area (Å²) in [6.07, 6.45) is -4.88. The number of alkyl halides is 3. The summed E-state index contributed by atoms with van der Waals surface area (Å²) in [5, 5.41) is 0. The summed E-state index contributed by atoms with van der Waals surface area (Å²) in [6, 6.07) is 5.36. The van der Waals surface area contributed by atoms with E-state index in [0.29, 0.717) is 10.6 Å². The van der Waals surface area contributed by atoms with E-state index in [4.69, 9.17) is 5.73 Å². The molecule has 0 radical (unpaired) electrons. The summed E-state index contributed by atoms with van der Waals surface area (Å²) in [4.78, 5) is 0.713. The fraction of sp³-hybridized carbons (Fsp3) is 0.400. The van der Waals surface area contributed by atoms with Gasteiger partial charge in [-0.15, -0.1) is 11.8 Å². The molecule has 0 aliphatic rings. The van der Waals surface area contributed by atoms with Gasteiger partial charge in [0.1, 0.15) is 0 Å². The monoisotopic (exact) mass is 235 g/mol. The van der Waals surface area contributed by atoms with E-state index in [2.05, 4.69) is 0 Å². The third-order valence-corrected chi connectivity index (χ3v) is 2.90. The first-order valence-electron chi connectivity index (χ1n) is 4.44. The second kappa shape index (κ2) is 4.79. The maximum absolute atomic E-state index is 11.9. The molecular formula is C10H12F3NS. The molecule has 0 heterocycles. The second-order valence-electron chi connectivity index (χ2n) is 3.25. The van der Waals surface area contributed by atoms with E-state index in [-0.39, 0.29) is 5.75 Å². The summed E-state index contributed by atoms with van der Waals surface area (Å²) >= 11 is 1.14. The molecule has 2 N–H and O–H groups in total. The molecule has 5 heteroatoms. The Labute approximate surface area is 90.9 Å². The van der Waals surface area contributed by atoms with Crippen molar-refractivity contribution in [3.05, 3.63) is 23.8 Å². The number of aryl methyl sites for hydroxylation is 1. The predicted molar refractivity (Wildman–Crippen MR) is 57.0 cm³/mol. The highest BCUT2D eigenvalue weighted by Crippen LogP contribution is 2.29. The van der Waals surface area contributed by atoms with Crippen molar-refractivity contribution in [2.24, 2.45) is 0 Å². The lowest BCUT2D eigenvalue weighted by atomic mass is 10.2. The Hall–Kier alpha value is -0.840. The number of halogens is 3. The van der Waals surface area contributed by atoms with Gasteiger partial charge in [0.25, 0.3) is 0 Å². The van der Waals surface area contributed by atoms with Crippen LogP contribution in [0.2, 0.25) is 0 Å². The van der Waals surface area contributed by atoms with Crippen molar-refractivity contribution in [1.82, 2.24) is 0 Å². The molecule has 84 valence electrons. The fourth-order valence-corrected chi connectivity index (χ4v) is 2.02. The van der Waals surface area contributed by atoms with Crippen LogP contribution in [0.15, 0.2) is 23.1 Å². The number of rotatable bonds is 3. The average molecular weight is 235 g/mol. The van der Waals surface area contributed by atoms with E-state index in [9.17, 15) is 13.2 Å². The van der Waals surface area contributed by atoms with Gasteiger partial charge >= 0.3 is 6.18 Å². The molecule has 0 spiro atoms. The second-order valence-corrected chi connectivity index (χ2v) is 4.39. The maximum Gasteiger partial charge on any atom is 0.389 e. The standard InChI is InChI=1S/C10H12F3NS/c1-7-2-3-9(8(14)6-7)15-5-4-10(11,12)13/h2-3,6H,4-5,14H2,1H3. The Bertz CT molecular complexity index is 336. The summed E-state index contributed by atoms with van der Waals surface area (Å²) < 4.78 is 35.6. The van der Waals surface area contributed by atoms with Gasteiger partial charge in [-0.05, 0) is 24.6 Å². The van der Waals surface area contributed by atoms with E-state index in [0.717, 1.165) is 17.3 Å². The van der Waals surface area contributed by atoms with Gasteiger partial charge < -0.3 is 5.73 Å². The Morgan fingerprint density at radius 2 is 2.00 bits per heavy atom. The molecule has 0 bridgehead atoms. The molecule has 1 nitrogen and oxygen atoms in total. The van der Waals surface area contributed by atoms with Gasteiger partial charge in [-0.25, -0.2) is 0 Å². The summed E-state index contributed by atoms with van der Waals surface area (Å²) in [5.41, 5.74) is 7.22. The Kier molecular flexibility index (Phi) is 3.90. The molecule has 0 fully saturated rings. The van der Waals surface area contributed by atoms with Gasteiger partial charge in [-0.1, -0.05) is 6.07 Å². The lowest BCUT2D eigenvalue weighted by Gasteiger charge is -2.08. The van der Waals surface area contributed by atoms with Crippen LogP contribution in [0, 0.1) is 6.92 Å². The summed E-state index contributed by atoms with van der Waals surface area (Å²) in [5.74, 6) is 0.0107. The van der Waals surface area contributed by atoms with Gasteiger partial charge in [0.15, 0.2) is 0 Å². The zero-order valence-electron chi connectivity index (χ0n) is 8.27. The maximum atomic E-state index is 11.9. The third kappa shape index (κ3) is 4.46. The van der Waals surface area contributed by atoms with E-state index in [1.54, 1.807) is 12.1 Å². The molecule has 0 aliphatic heterocycles. The fourth-order valence-electron chi connectivity index (χ4n) is 1.08. The van der Waals surface area contributed by atoms with Crippen LogP contribution in [0.1, 0.15) is 12.0 Å². The lowest BCUT2D eigenvalue weighted by molar-refractivity contribution is -0.129. The lowest BCUT2D eigenvalue weighted by Crippen LogP contribution is -2.08. The molecule has 0 unspecified atom stereocenters. The first-order chi connectivity index (χ1) is 6.88. The Balaban J connectivity index is 2.51. The minimum atomic E-state index is -4.09. The van der Waals surface area contributed by atoms with Crippen molar-refractivity contribution in [3.8, 4) is 0 Å². The van der Waals surface area contributed by atoms with Crippen molar-refractivity contribution in [1.29, 1.82) is 0 Å². The first-order valence-corrected chi connectivity index (χ1v) is 5.43. The molecule has 0 amide bonds. The van der Waals surface area contributed by atoms with Crippen LogP contribution < -0.4 is 5.73 Å². The molecule has 1 aromatic carbocycles. The summed E-state index contributed by atoms with van der Waals surface area (Å²) in [6.45, 7) is 1.89. The summed E-state index contributed by atoms with van der Waals surface area (Å²) in [7, 11) is 0. The van der Waals surface area contributed by atoms with Gasteiger partial charge in [0.2, 0.25) is 0 Å². The van der Waals surface area contributed by atoms with Gasteiger partial charge in [0, 0.05) is 16.3 Å². The van der Waals surface area contributed by atoms with Crippen LogP contribution in [-0.4, -0.2) is 11.9 Å². The smallest absolute Gasteiger partial charge is 0.389 e. The number of nitrogens with two attached hydrogens (primary N) is 1. The molecule has 0 saturated heterocycles. The van der Waals surface area contributed by atoms with Crippen molar-refractivity contribution in [2.75, 3.05) is 11.5 Å². The SMILES string of the molecule is Cc1ccc(SCCC(F)(F)F)c(N)c1. The van der Waals surface area contributed by atoms with Crippen molar-refractivity contribution >= 4 is 17.4 Å².